The van der Waals surface area contributed by atoms with Crippen LogP contribution in [0, 0.1) is 5.82 Å². The van der Waals surface area contributed by atoms with Crippen LogP contribution in [0.5, 0.6) is 5.75 Å². The van der Waals surface area contributed by atoms with Gasteiger partial charge in [0.05, 0.1) is 0 Å². The van der Waals surface area contributed by atoms with Crippen LogP contribution in [0.25, 0.3) is 0 Å². The fourth-order valence-electron chi connectivity index (χ4n) is 0.890. The van der Waals surface area contributed by atoms with Crippen LogP contribution in [-0.4, -0.2) is 23.7 Å². The number of aliphatic carboxylic acids is 1. The van der Waals surface area contributed by atoms with Crippen LogP contribution >= 0.6 is 0 Å². The first-order valence-electron chi connectivity index (χ1n) is 3.82. The third kappa shape index (κ3) is 3.01. The minimum atomic E-state index is -2.59. The van der Waals surface area contributed by atoms with Crippen molar-refractivity contribution in [3.05, 3.63) is 29.6 Å². The molecule has 1 aromatic rings. The molecule has 0 saturated carbocycles. The molecule has 0 heterocycles. The lowest BCUT2D eigenvalue weighted by Gasteiger charge is -2.07. The minimum Gasteiger partial charge on any atom is -0.476 e. The van der Waals surface area contributed by atoms with E-state index in [-0.39, 0.29) is 11.3 Å². The number of alkyl halides is 1. The molecule has 1 atom stereocenters. The number of carboxylic acid groups (broad SMARTS) is 1. The lowest BCUT2D eigenvalue weighted by Crippen LogP contribution is -2.21. The van der Waals surface area contributed by atoms with E-state index >= 15 is 0 Å². The molecule has 6 heteroatoms. The molecule has 0 aliphatic rings. The third-order valence-corrected chi connectivity index (χ3v) is 1.46. The fraction of sp³-hybridized carbons (Fsp3) is 0.111. The maximum absolute atomic E-state index is 12.8. The normalized spacial score (nSPS) is 11.9. The maximum atomic E-state index is 12.8. The first-order chi connectivity index (χ1) is 7.02. The zero-order chi connectivity index (χ0) is 11.4. The van der Waals surface area contributed by atoms with E-state index < -0.39 is 18.1 Å². The van der Waals surface area contributed by atoms with E-state index in [0.29, 0.717) is 6.29 Å². The Morgan fingerprint density at radius 3 is 2.67 bits per heavy atom. The number of carboxylic acids is 1. The molecule has 15 heavy (non-hydrogen) atoms. The molecular weight excluding hydrogens is 210 g/mol. The van der Waals surface area contributed by atoms with E-state index in [0.717, 1.165) is 18.2 Å². The summed E-state index contributed by atoms with van der Waals surface area (Å²) in [5.41, 5.74) is -0.0670. The van der Waals surface area contributed by atoms with Crippen LogP contribution in [0.1, 0.15) is 10.4 Å². The van der Waals surface area contributed by atoms with Crippen LogP contribution in [0.4, 0.5) is 8.78 Å². The highest BCUT2D eigenvalue weighted by Gasteiger charge is 2.17. The summed E-state index contributed by atoms with van der Waals surface area (Å²) in [4.78, 5) is 20.4. The molecule has 0 aliphatic heterocycles. The number of hydrogen-bond acceptors (Lipinski definition) is 3. The van der Waals surface area contributed by atoms with Gasteiger partial charge in [0.15, 0.2) is 0 Å². The molecule has 0 bridgehead atoms. The molecular formula is C9H6F2O4. The highest BCUT2D eigenvalue weighted by molar-refractivity contribution is 5.75. The van der Waals surface area contributed by atoms with E-state index in [9.17, 15) is 18.4 Å². The fourth-order valence-corrected chi connectivity index (χ4v) is 0.890. The highest BCUT2D eigenvalue weighted by Crippen LogP contribution is 2.17. The average molecular weight is 216 g/mol. The lowest BCUT2D eigenvalue weighted by atomic mass is 10.2. The summed E-state index contributed by atoms with van der Waals surface area (Å²) >= 11 is 0. The van der Waals surface area contributed by atoms with Gasteiger partial charge in [0, 0.05) is 11.6 Å². The summed E-state index contributed by atoms with van der Waals surface area (Å²) < 4.78 is 29.5. The highest BCUT2D eigenvalue weighted by atomic mass is 19.1. The Bertz CT molecular complexity index is 392. The Balaban J connectivity index is 2.90. The second kappa shape index (κ2) is 4.50. The van der Waals surface area contributed by atoms with Crippen LogP contribution in [-0.2, 0) is 4.79 Å². The molecule has 0 radical (unpaired) electrons. The van der Waals surface area contributed by atoms with Crippen molar-refractivity contribution in [3.8, 4) is 5.75 Å². The van der Waals surface area contributed by atoms with Crippen molar-refractivity contribution >= 4 is 12.3 Å². The molecule has 0 amide bonds. The number of aldehydes is 1. The maximum Gasteiger partial charge on any atom is 0.378 e. The van der Waals surface area contributed by atoms with Crippen molar-refractivity contribution in [1.29, 1.82) is 0 Å². The van der Waals surface area contributed by atoms with Crippen molar-refractivity contribution in [1.82, 2.24) is 0 Å². The molecule has 0 fully saturated rings. The summed E-state index contributed by atoms with van der Waals surface area (Å²) in [7, 11) is 0. The van der Waals surface area contributed by atoms with Gasteiger partial charge in [-0.2, -0.15) is 4.39 Å². The summed E-state index contributed by atoms with van der Waals surface area (Å²) in [5, 5.41) is 8.18. The molecule has 0 aliphatic carbocycles. The van der Waals surface area contributed by atoms with Gasteiger partial charge in [-0.15, -0.1) is 0 Å². The van der Waals surface area contributed by atoms with E-state index in [1.54, 1.807) is 0 Å². The Morgan fingerprint density at radius 2 is 2.13 bits per heavy atom. The lowest BCUT2D eigenvalue weighted by molar-refractivity contribution is -0.153. The van der Waals surface area contributed by atoms with Crippen molar-refractivity contribution in [2.24, 2.45) is 0 Å². The zero-order valence-corrected chi connectivity index (χ0v) is 7.31. The third-order valence-electron chi connectivity index (χ3n) is 1.46. The van der Waals surface area contributed by atoms with Crippen LogP contribution in [0.3, 0.4) is 0 Å². The summed E-state index contributed by atoms with van der Waals surface area (Å²) in [5.74, 6) is -2.99. The van der Waals surface area contributed by atoms with Crippen LogP contribution < -0.4 is 4.74 Å². The van der Waals surface area contributed by atoms with Crippen LogP contribution in [0.15, 0.2) is 18.2 Å². The Kier molecular flexibility index (Phi) is 3.33. The molecule has 1 unspecified atom stereocenters. The van der Waals surface area contributed by atoms with Gasteiger partial charge in [-0.25, -0.2) is 9.18 Å². The van der Waals surface area contributed by atoms with Gasteiger partial charge in [-0.3, -0.25) is 4.79 Å². The average Bonchev–Trinajstić information content (AvgIpc) is 2.16. The van der Waals surface area contributed by atoms with Crippen molar-refractivity contribution < 1.29 is 28.2 Å². The minimum absolute atomic E-state index is 0.0670. The number of carbonyl (C=O) groups is 2. The van der Waals surface area contributed by atoms with Crippen LogP contribution in [0.2, 0.25) is 0 Å². The number of benzene rings is 1. The standard InChI is InChI=1S/C9H6F2O4/c10-6-1-5(4-12)2-7(3-6)15-8(11)9(13)14/h1-4,8H,(H,13,14). The van der Waals surface area contributed by atoms with E-state index in [2.05, 4.69) is 4.74 Å². The first-order valence-corrected chi connectivity index (χ1v) is 3.82. The Morgan fingerprint density at radius 1 is 1.47 bits per heavy atom. The Hall–Kier alpha value is -1.98. The molecule has 0 spiro atoms. The van der Waals surface area contributed by atoms with Gasteiger partial charge < -0.3 is 9.84 Å². The molecule has 0 aromatic heterocycles. The van der Waals surface area contributed by atoms with E-state index in [1.807, 2.05) is 0 Å². The smallest absolute Gasteiger partial charge is 0.378 e. The second-order valence-electron chi connectivity index (χ2n) is 2.61. The summed E-state index contributed by atoms with van der Waals surface area (Å²) in [6.07, 6.45) is -2.25. The molecule has 1 N–H and O–H groups in total. The van der Waals surface area contributed by atoms with Crippen molar-refractivity contribution in [3.63, 3.8) is 0 Å². The molecule has 80 valence electrons. The van der Waals surface area contributed by atoms with Gasteiger partial charge in [0.2, 0.25) is 0 Å². The number of hydrogen-bond donors (Lipinski definition) is 1. The van der Waals surface area contributed by atoms with Gasteiger partial charge in [0.1, 0.15) is 17.9 Å². The first kappa shape index (κ1) is 11.1. The molecule has 1 aromatic carbocycles. The van der Waals surface area contributed by atoms with E-state index in [4.69, 9.17) is 5.11 Å². The molecule has 0 saturated heterocycles. The second-order valence-corrected chi connectivity index (χ2v) is 2.61. The monoisotopic (exact) mass is 216 g/mol. The number of halogens is 2. The molecule has 4 nitrogen and oxygen atoms in total. The van der Waals surface area contributed by atoms with E-state index in [1.165, 1.54) is 0 Å². The van der Waals surface area contributed by atoms with Gasteiger partial charge >= 0.3 is 12.3 Å². The molecule has 1 rings (SSSR count). The SMILES string of the molecule is O=Cc1cc(F)cc(OC(F)C(=O)O)c1. The quantitative estimate of drug-likeness (QED) is 0.772. The largest absolute Gasteiger partial charge is 0.476 e. The summed E-state index contributed by atoms with van der Waals surface area (Å²) in [6, 6.07) is 2.72. The topological polar surface area (TPSA) is 63.6 Å². The van der Waals surface area contributed by atoms with Gasteiger partial charge in [-0.1, -0.05) is 0 Å². The predicted molar refractivity (Wildman–Crippen MR) is 44.9 cm³/mol. The Labute approximate surface area is 83.1 Å². The van der Waals surface area contributed by atoms with Gasteiger partial charge in [0.25, 0.3) is 0 Å². The number of carbonyl (C=O) groups excluding carboxylic acids is 1. The predicted octanol–water partition coefficient (Wildman–Crippen LogP) is 1.40. The summed E-state index contributed by atoms with van der Waals surface area (Å²) in [6.45, 7) is 0. The number of ether oxygens (including phenoxy) is 1. The number of rotatable bonds is 4. The van der Waals surface area contributed by atoms with Crippen molar-refractivity contribution in [2.75, 3.05) is 0 Å². The van der Waals surface area contributed by atoms with Crippen molar-refractivity contribution in [2.45, 2.75) is 6.36 Å². The zero-order valence-electron chi connectivity index (χ0n) is 7.31. The van der Waals surface area contributed by atoms with Gasteiger partial charge in [-0.05, 0) is 12.1 Å².